The zero-order valence-corrected chi connectivity index (χ0v) is 16.3. The van der Waals surface area contributed by atoms with Gasteiger partial charge in [-0.25, -0.2) is 9.98 Å². The lowest BCUT2D eigenvalue weighted by atomic mass is 10.3. The summed E-state index contributed by atoms with van der Waals surface area (Å²) in [5, 5.41) is 6.32. The van der Waals surface area contributed by atoms with Crippen molar-refractivity contribution in [3.8, 4) is 0 Å². The zero-order valence-electron chi connectivity index (χ0n) is 16.3. The zero-order chi connectivity index (χ0) is 18.8. The van der Waals surface area contributed by atoms with E-state index in [0.717, 1.165) is 56.9 Å². The third kappa shape index (κ3) is 5.89. The van der Waals surface area contributed by atoms with Gasteiger partial charge in [-0.3, -0.25) is 4.79 Å². The molecular formula is C19H32N6O. The van der Waals surface area contributed by atoms with E-state index >= 15 is 0 Å². The summed E-state index contributed by atoms with van der Waals surface area (Å²) in [5.74, 6) is 1.79. The molecule has 2 N–H and O–H groups in total. The van der Waals surface area contributed by atoms with Crippen molar-refractivity contribution in [3.63, 3.8) is 0 Å². The maximum atomic E-state index is 12.2. The number of hydrogen-bond donors (Lipinski definition) is 2. The van der Waals surface area contributed by atoms with E-state index in [1.807, 2.05) is 24.1 Å². The second kappa shape index (κ2) is 10.6. The summed E-state index contributed by atoms with van der Waals surface area (Å²) in [6, 6.07) is 4.10. The monoisotopic (exact) mass is 360 g/mol. The van der Waals surface area contributed by atoms with Crippen molar-refractivity contribution in [2.45, 2.75) is 40.2 Å². The van der Waals surface area contributed by atoms with Gasteiger partial charge >= 0.3 is 0 Å². The van der Waals surface area contributed by atoms with E-state index in [1.54, 1.807) is 0 Å². The van der Waals surface area contributed by atoms with Gasteiger partial charge in [0.1, 0.15) is 5.82 Å². The molecule has 1 aromatic rings. The second-order valence-corrected chi connectivity index (χ2v) is 6.33. The first-order chi connectivity index (χ1) is 12.7. The smallest absolute Gasteiger partial charge is 0.241 e. The quantitative estimate of drug-likeness (QED) is 0.544. The van der Waals surface area contributed by atoms with Gasteiger partial charge in [0.25, 0.3) is 0 Å². The van der Waals surface area contributed by atoms with E-state index in [4.69, 9.17) is 0 Å². The highest BCUT2D eigenvalue weighted by molar-refractivity contribution is 5.86. The van der Waals surface area contributed by atoms with Crippen LogP contribution in [0.15, 0.2) is 23.3 Å². The summed E-state index contributed by atoms with van der Waals surface area (Å²) in [5.41, 5.74) is 1.05. The molecule has 1 fully saturated rings. The summed E-state index contributed by atoms with van der Waals surface area (Å²) < 4.78 is 0. The largest absolute Gasteiger partial charge is 0.357 e. The van der Waals surface area contributed by atoms with E-state index in [-0.39, 0.29) is 12.5 Å². The first-order valence-electron chi connectivity index (χ1n) is 9.67. The lowest BCUT2D eigenvalue weighted by Gasteiger charge is -2.19. The van der Waals surface area contributed by atoms with Gasteiger partial charge < -0.3 is 20.4 Å². The van der Waals surface area contributed by atoms with Crippen molar-refractivity contribution < 1.29 is 4.79 Å². The molecule has 1 amide bonds. The van der Waals surface area contributed by atoms with Gasteiger partial charge in [-0.1, -0.05) is 6.07 Å². The SMILES string of the molecule is CCNC(=NCc1ccc(N(CC)CC)nc1)NCC(=O)N1CCCC1. The van der Waals surface area contributed by atoms with Crippen LogP contribution in [-0.4, -0.2) is 61.0 Å². The fourth-order valence-electron chi connectivity index (χ4n) is 2.99. The van der Waals surface area contributed by atoms with Crippen LogP contribution in [0.3, 0.4) is 0 Å². The van der Waals surface area contributed by atoms with Crippen LogP contribution in [0.2, 0.25) is 0 Å². The van der Waals surface area contributed by atoms with Crippen LogP contribution in [0.4, 0.5) is 5.82 Å². The molecule has 2 rings (SSSR count). The van der Waals surface area contributed by atoms with Gasteiger partial charge in [-0.15, -0.1) is 0 Å². The van der Waals surface area contributed by atoms with Crippen LogP contribution < -0.4 is 15.5 Å². The number of nitrogens with zero attached hydrogens (tertiary/aromatic N) is 4. The lowest BCUT2D eigenvalue weighted by Crippen LogP contribution is -2.44. The Hall–Kier alpha value is -2.31. The molecule has 0 bridgehead atoms. The molecule has 0 aliphatic carbocycles. The predicted molar refractivity (Wildman–Crippen MR) is 106 cm³/mol. The van der Waals surface area contributed by atoms with Crippen LogP contribution in [0.25, 0.3) is 0 Å². The number of aromatic nitrogens is 1. The molecule has 1 aromatic heterocycles. The highest BCUT2D eigenvalue weighted by Crippen LogP contribution is 2.11. The number of pyridine rings is 1. The molecule has 1 saturated heterocycles. The highest BCUT2D eigenvalue weighted by Gasteiger charge is 2.17. The number of likely N-dealkylation sites (tertiary alicyclic amines) is 1. The summed E-state index contributed by atoms with van der Waals surface area (Å²) in [6.45, 7) is 11.5. The van der Waals surface area contributed by atoms with E-state index in [0.29, 0.717) is 12.5 Å². The van der Waals surface area contributed by atoms with E-state index in [2.05, 4.69) is 45.4 Å². The third-order valence-electron chi connectivity index (χ3n) is 4.53. The molecule has 0 saturated carbocycles. The van der Waals surface area contributed by atoms with Crippen LogP contribution in [-0.2, 0) is 11.3 Å². The molecule has 0 radical (unpaired) electrons. The van der Waals surface area contributed by atoms with Gasteiger partial charge in [-0.05, 0) is 45.2 Å². The van der Waals surface area contributed by atoms with Crippen molar-refractivity contribution in [2.24, 2.45) is 4.99 Å². The Labute approximate surface area is 156 Å². The lowest BCUT2D eigenvalue weighted by molar-refractivity contribution is -0.128. The van der Waals surface area contributed by atoms with Gasteiger partial charge in [-0.2, -0.15) is 0 Å². The molecule has 7 nitrogen and oxygen atoms in total. The second-order valence-electron chi connectivity index (χ2n) is 6.33. The topological polar surface area (TPSA) is 72.9 Å². The number of amides is 1. The predicted octanol–water partition coefficient (Wildman–Crippen LogP) is 1.61. The van der Waals surface area contributed by atoms with Crippen molar-refractivity contribution in [1.29, 1.82) is 0 Å². The van der Waals surface area contributed by atoms with Crippen molar-refractivity contribution in [2.75, 3.05) is 44.2 Å². The Morgan fingerprint density at radius 2 is 1.92 bits per heavy atom. The average molecular weight is 361 g/mol. The number of hydrogen-bond acceptors (Lipinski definition) is 4. The number of nitrogens with one attached hydrogen (secondary N) is 2. The summed E-state index contributed by atoms with van der Waals surface area (Å²) >= 11 is 0. The Bertz CT molecular complexity index is 576. The number of rotatable bonds is 8. The van der Waals surface area contributed by atoms with Crippen LogP contribution >= 0.6 is 0 Å². The third-order valence-corrected chi connectivity index (χ3v) is 4.53. The molecule has 26 heavy (non-hydrogen) atoms. The Morgan fingerprint density at radius 1 is 1.19 bits per heavy atom. The Balaban J connectivity index is 1.90. The molecular weight excluding hydrogens is 328 g/mol. The number of anilines is 1. The van der Waals surface area contributed by atoms with E-state index < -0.39 is 0 Å². The molecule has 7 heteroatoms. The van der Waals surface area contributed by atoms with Crippen molar-refractivity contribution in [3.05, 3.63) is 23.9 Å². The van der Waals surface area contributed by atoms with Crippen LogP contribution in [0.5, 0.6) is 0 Å². The van der Waals surface area contributed by atoms with Crippen molar-refractivity contribution >= 4 is 17.7 Å². The molecule has 0 atom stereocenters. The first kappa shape index (κ1) is 20.0. The van der Waals surface area contributed by atoms with Crippen LogP contribution in [0, 0.1) is 0 Å². The minimum absolute atomic E-state index is 0.137. The van der Waals surface area contributed by atoms with E-state index in [1.165, 1.54) is 0 Å². The molecule has 0 aromatic carbocycles. The number of guanidine groups is 1. The minimum atomic E-state index is 0.137. The average Bonchev–Trinajstić information content (AvgIpc) is 3.20. The summed E-state index contributed by atoms with van der Waals surface area (Å²) in [7, 11) is 0. The number of carbonyl (C=O) groups is 1. The summed E-state index contributed by atoms with van der Waals surface area (Å²) in [4.78, 5) is 25.4. The standard InChI is InChI=1S/C19H32N6O/c1-4-20-19(23-15-18(26)25-11-7-8-12-25)22-14-16-9-10-17(21-13-16)24(5-2)6-3/h9-10,13H,4-8,11-12,14-15H2,1-3H3,(H2,20,22,23). The van der Waals surface area contributed by atoms with Gasteiger partial charge in [0.15, 0.2) is 5.96 Å². The summed E-state index contributed by atoms with van der Waals surface area (Å²) in [6.07, 6.45) is 4.09. The Kier molecular flexibility index (Phi) is 8.18. The van der Waals surface area contributed by atoms with Gasteiger partial charge in [0.2, 0.25) is 5.91 Å². The molecule has 144 valence electrons. The maximum Gasteiger partial charge on any atom is 0.241 e. The number of aliphatic imine (C=N–C) groups is 1. The molecule has 1 aliphatic heterocycles. The fraction of sp³-hybridized carbons (Fsp3) is 0.632. The fourth-order valence-corrected chi connectivity index (χ4v) is 2.99. The number of carbonyl (C=O) groups excluding carboxylic acids is 1. The van der Waals surface area contributed by atoms with Gasteiger partial charge in [0.05, 0.1) is 13.1 Å². The molecule has 0 unspecified atom stereocenters. The molecule has 1 aliphatic rings. The van der Waals surface area contributed by atoms with E-state index in [9.17, 15) is 4.79 Å². The maximum absolute atomic E-state index is 12.2. The van der Waals surface area contributed by atoms with Crippen molar-refractivity contribution in [1.82, 2.24) is 20.5 Å². The first-order valence-corrected chi connectivity index (χ1v) is 9.67. The molecule has 0 spiro atoms. The molecule has 2 heterocycles. The van der Waals surface area contributed by atoms with Gasteiger partial charge in [0, 0.05) is 38.9 Å². The Morgan fingerprint density at radius 3 is 2.50 bits per heavy atom. The highest BCUT2D eigenvalue weighted by atomic mass is 16.2. The minimum Gasteiger partial charge on any atom is -0.357 e. The normalized spacial score (nSPS) is 14.4. The van der Waals surface area contributed by atoms with Crippen LogP contribution in [0.1, 0.15) is 39.2 Å².